The topological polar surface area (TPSA) is 71.1 Å². The van der Waals surface area contributed by atoms with Gasteiger partial charge in [0, 0.05) is 6.07 Å². The first-order valence-electron chi connectivity index (χ1n) is 10.3. The Hall–Kier alpha value is -3.02. The van der Waals surface area contributed by atoms with Crippen LogP contribution in [-0.2, 0) is 20.9 Å². The molecule has 1 fully saturated rings. The van der Waals surface area contributed by atoms with E-state index in [1.165, 1.54) is 7.11 Å². The molecule has 0 radical (unpaired) electrons. The van der Waals surface area contributed by atoms with Crippen molar-refractivity contribution in [2.75, 3.05) is 13.7 Å². The minimum Gasteiger partial charge on any atom is -0.496 e. The van der Waals surface area contributed by atoms with E-state index in [-0.39, 0.29) is 24.6 Å². The highest BCUT2D eigenvalue weighted by molar-refractivity contribution is 5.92. The second-order valence-corrected chi connectivity index (χ2v) is 7.27. The van der Waals surface area contributed by atoms with E-state index in [0.717, 1.165) is 31.2 Å². The number of hydrogen-bond donors (Lipinski definition) is 0. The molecule has 3 rings (SSSR count). The first kappa shape index (κ1) is 21.7. The predicted molar refractivity (Wildman–Crippen MR) is 112 cm³/mol. The fraction of sp³-hybridized carbons (Fsp3) is 0.417. The third kappa shape index (κ3) is 5.75. The van der Waals surface area contributed by atoms with Crippen molar-refractivity contribution < 1.29 is 28.5 Å². The Balaban J connectivity index is 1.56. The molecular formula is C24H28O6. The second kappa shape index (κ2) is 10.7. The van der Waals surface area contributed by atoms with Gasteiger partial charge in [-0.05, 0) is 50.3 Å². The van der Waals surface area contributed by atoms with Crippen LogP contribution in [0.15, 0.2) is 48.5 Å². The number of carbonyl (C=O) groups is 2. The van der Waals surface area contributed by atoms with Crippen LogP contribution in [0, 0.1) is 5.92 Å². The van der Waals surface area contributed by atoms with Crippen molar-refractivity contribution in [3.05, 3.63) is 59.7 Å². The van der Waals surface area contributed by atoms with Crippen molar-refractivity contribution >= 4 is 11.9 Å². The van der Waals surface area contributed by atoms with Gasteiger partial charge in [0.2, 0.25) is 0 Å². The molecule has 0 spiro atoms. The largest absolute Gasteiger partial charge is 0.496 e. The first-order chi connectivity index (χ1) is 14.6. The van der Waals surface area contributed by atoms with Gasteiger partial charge in [0.05, 0.1) is 25.7 Å². The van der Waals surface area contributed by atoms with E-state index >= 15 is 0 Å². The molecule has 0 unspecified atom stereocenters. The van der Waals surface area contributed by atoms with Crippen LogP contribution >= 0.6 is 0 Å². The zero-order valence-corrected chi connectivity index (χ0v) is 17.5. The molecule has 0 bridgehead atoms. The van der Waals surface area contributed by atoms with Gasteiger partial charge >= 0.3 is 11.9 Å². The van der Waals surface area contributed by atoms with E-state index in [1.807, 2.05) is 37.3 Å². The Morgan fingerprint density at radius 3 is 2.37 bits per heavy atom. The number of ether oxygens (including phenoxy) is 4. The molecule has 1 aliphatic rings. The molecule has 6 heteroatoms. The Bertz CT molecular complexity index is 840. The van der Waals surface area contributed by atoms with Crippen molar-refractivity contribution in [1.29, 1.82) is 0 Å². The van der Waals surface area contributed by atoms with E-state index in [2.05, 4.69) is 0 Å². The molecule has 1 aliphatic carbocycles. The molecule has 30 heavy (non-hydrogen) atoms. The van der Waals surface area contributed by atoms with Crippen LogP contribution < -0.4 is 9.47 Å². The summed E-state index contributed by atoms with van der Waals surface area (Å²) in [5.41, 5.74) is 1.27. The Morgan fingerprint density at radius 1 is 0.967 bits per heavy atom. The van der Waals surface area contributed by atoms with Gasteiger partial charge in [-0.25, -0.2) is 4.79 Å². The minimum absolute atomic E-state index is 0.0243. The average Bonchev–Trinajstić information content (AvgIpc) is 2.78. The molecular weight excluding hydrogens is 384 g/mol. The summed E-state index contributed by atoms with van der Waals surface area (Å²) in [5.74, 6) is 0.436. The number of carbonyl (C=O) groups excluding carboxylic acids is 2. The lowest BCUT2D eigenvalue weighted by molar-refractivity contribution is -0.149. The Morgan fingerprint density at radius 2 is 1.70 bits per heavy atom. The van der Waals surface area contributed by atoms with Crippen molar-refractivity contribution in [2.45, 2.75) is 45.3 Å². The number of rotatable bonds is 8. The monoisotopic (exact) mass is 412 g/mol. The van der Waals surface area contributed by atoms with Gasteiger partial charge < -0.3 is 18.9 Å². The van der Waals surface area contributed by atoms with E-state index in [0.29, 0.717) is 23.7 Å². The molecule has 0 N–H and O–H groups in total. The number of esters is 2. The van der Waals surface area contributed by atoms with Crippen LogP contribution in [-0.4, -0.2) is 31.8 Å². The molecule has 6 nitrogen and oxygen atoms in total. The molecule has 0 amide bonds. The summed E-state index contributed by atoms with van der Waals surface area (Å²) in [7, 11) is 1.51. The minimum atomic E-state index is -0.447. The lowest BCUT2D eigenvalue weighted by Gasteiger charge is -2.28. The summed E-state index contributed by atoms with van der Waals surface area (Å²) in [5, 5.41) is 0. The van der Waals surface area contributed by atoms with E-state index in [4.69, 9.17) is 18.9 Å². The summed E-state index contributed by atoms with van der Waals surface area (Å²) in [6.07, 6.45) is 3.10. The fourth-order valence-corrected chi connectivity index (χ4v) is 3.58. The molecule has 160 valence electrons. The lowest BCUT2D eigenvalue weighted by Crippen LogP contribution is -2.29. The van der Waals surface area contributed by atoms with Gasteiger partial charge in [-0.1, -0.05) is 30.3 Å². The van der Waals surface area contributed by atoms with Crippen LogP contribution in [0.5, 0.6) is 11.5 Å². The lowest BCUT2D eigenvalue weighted by atomic mass is 9.87. The molecule has 0 saturated heterocycles. The maximum absolute atomic E-state index is 12.5. The van der Waals surface area contributed by atoms with Crippen LogP contribution in [0.4, 0.5) is 0 Å². The highest BCUT2D eigenvalue weighted by atomic mass is 16.5. The maximum Gasteiger partial charge on any atom is 0.342 e. The smallest absolute Gasteiger partial charge is 0.342 e. The molecule has 2 aromatic rings. The zero-order valence-electron chi connectivity index (χ0n) is 17.5. The van der Waals surface area contributed by atoms with Crippen LogP contribution in [0.1, 0.15) is 48.5 Å². The quantitative estimate of drug-likeness (QED) is 0.592. The van der Waals surface area contributed by atoms with Crippen LogP contribution in [0.25, 0.3) is 0 Å². The summed E-state index contributed by atoms with van der Waals surface area (Å²) < 4.78 is 22.0. The Kier molecular flexibility index (Phi) is 7.71. The van der Waals surface area contributed by atoms with Gasteiger partial charge in [0.1, 0.15) is 23.7 Å². The molecule has 2 aromatic carbocycles. The molecule has 0 heterocycles. The summed E-state index contributed by atoms with van der Waals surface area (Å²) in [4.78, 5) is 24.3. The zero-order chi connectivity index (χ0) is 21.3. The number of hydrogen-bond acceptors (Lipinski definition) is 6. The first-order valence-corrected chi connectivity index (χ1v) is 10.3. The van der Waals surface area contributed by atoms with E-state index in [9.17, 15) is 9.59 Å². The third-order valence-electron chi connectivity index (χ3n) is 5.20. The fourth-order valence-electron chi connectivity index (χ4n) is 3.58. The average molecular weight is 412 g/mol. The standard InChI is InChI=1S/C24H28O6/c1-3-28-23(25)18-9-11-19(12-10-18)30-20-13-14-21(22(15-20)27-2)24(26)29-16-17-7-5-4-6-8-17/h4-8,13-15,18-19H,3,9-12,16H2,1-2H3. The van der Waals surface area contributed by atoms with E-state index < -0.39 is 5.97 Å². The van der Waals surface area contributed by atoms with Crippen LogP contribution in [0.2, 0.25) is 0 Å². The van der Waals surface area contributed by atoms with Crippen molar-refractivity contribution in [3.63, 3.8) is 0 Å². The highest BCUT2D eigenvalue weighted by Gasteiger charge is 2.28. The number of methoxy groups -OCH3 is 1. The molecule has 0 atom stereocenters. The van der Waals surface area contributed by atoms with Crippen LogP contribution in [0.3, 0.4) is 0 Å². The summed E-state index contributed by atoms with van der Waals surface area (Å²) >= 11 is 0. The molecule has 0 aromatic heterocycles. The predicted octanol–water partition coefficient (Wildman–Crippen LogP) is 4.55. The molecule has 0 aliphatic heterocycles. The van der Waals surface area contributed by atoms with Gasteiger partial charge in [-0.15, -0.1) is 0 Å². The number of benzene rings is 2. The summed E-state index contributed by atoms with van der Waals surface area (Å²) in [6, 6.07) is 14.6. The molecule has 1 saturated carbocycles. The normalized spacial score (nSPS) is 18.3. The van der Waals surface area contributed by atoms with Crippen molar-refractivity contribution in [3.8, 4) is 11.5 Å². The second-order valence-electron chi connectivity index (χ2n) is 7.27. The van der Waals surface area contributed by atoms with Gasteiger partial charge in [-0.3, -0.25) is 4.79 Å². The Labute approximate surface area is 177 Å². The maximum atomic E-state index is 12.5. The SMILES string of the molecule is CCOC(=O)C1CCC(Oc2ccc(C(=O)OCc3ccccc3)c(OC)c2)CC1. The van der Waals surface area contributed by atoms with Gasteiger partial charge in [0.25, 0.3) is 0 Å². The van der Waals surface area contributed by atoms with E-state index in [1.54, 1.807) is 18.2 Å². The van der Waals surface area contributed by atoms with Gasteiger partial charge in [-0.2, -0.15) is 0 Å². The van der Waals surface area contributed by atoms with Crippen molar-refractivity contribution in [2.24, 2.45) is 5.92 Å². The van der Waals surface area contributed by atoms with Gasteiger partial charge in [0.15, 0.2) is 0 Å². The summed E-state index contributed by atoms with van der Waals surface area (Å²) in [6.45, 7) is 2.43. The van der Waals surface area contributed by atoms with Crippen molar-refractivity contribution in [1.82, 2.24) is 0 Å². The third-order valence-corrected chi connectivity index (χ3v) is 5.20. The highest BCUT2D eigenvalue weighted by Crippen LogP contribution is 2.31.